The number of rotatable bonds is 9. The minimum atomic E-state index is 0.810. The van der Waals surface area contributed by atoms with Crippen LogP contribution < -0.4 is 5.73 Å². The van der Waals surface area contributed by atoms with Gasteiger partial charge in [-0.15, -0.1) is 11.8 Å². The van der Waals surface area contributed by atoms with E-state index in [0.29, 0.717) is 0 Å². The monoisotopic (exact) mass is 266 g/mol. The normalized spacial score (nSPS) is 11.1. The van der Waals surface area contributed by atoms with Crippen LogP contribution in [-0.2, 0) is 6.42 Å². The fourth-order valence-electron chi connectivity index (χ4n) is 1.88. The number of nitrogens with zero attached hydrogens (tertiary/aromatic N) is 1. The maximum Gasteiger partial charge on any atom is 0.00720 e. The molecule has 0 aliphatic rings. The highest BCUT2D eigenvalue weighted by Crippen LogP contribution is 2.17. The van der Waals surface area contributed by atoms with Crippen LogP contribution in [0.25, 0.3) is 0 Å². The number of unbranched alkanes of at least 4 members (excludes halogenated alkanes) is 1. The Bertz CT molecular complexity index is 311. The minimum Gasteiger partial charge on any atom is -0.330 e. The summed E-state index contributed by atoms with van der Waals surface area (Å²) in [7, 11) is 2.19. The second-order valence-electron chi connectivity index (χ2n) is 4.63. The van der Waals surface area contributed by atoms with Crippen molar-refractivity contribution < 1.29 is 0 Å². The Labute approximate surface area is 116 Å². The molecule has 2 N–H and O–H groups in total. The molecule has 0 bridgehead atoms. The van der Waals surface area contributed by atoms with E-state index in [1.807, 2.05) is 11.8 Å². The van der Waals surface area contributed by atoms with E-state index in [1.165, 1.54) is 16.9 Å². The van der Waals surface area contributed by atoms with Crippen LogP contribution in [0.15, 0.2) is 29.2 Å². The Morgan fingerprint density at radius 1 is 1.11 bits per heavy atom. The number of thioether (sulfide) groups is 1. The third-order valence-corrected chi connectivity index (χ3v) is 3.90. The van der Waals surface area contributed by atoms with E-state index in [-0.39, 0.29) is 0 Å². The lowest BCUT2D eigenvalue weighted by Gasteiger charge is -2.16. The molecule has 2 nitrogen and oxygen atoms in total. The van der Waals surface area contributed by atoms with Gasteiger partial charge in [0.15, 0.2) is 0 Å². The van der Waals surface area contributed by atoms with Crippen LogP contribution in [0.1, 0.15) is 25.3 Å². The van der Waals surface area contributed by atoms with Gasteiger partial charge in [-0.3, -0.25) is 0 Å². The van der Waals surface area contributed by atoms with Gasteiger partial charge in [0.2, 0.25) is 0 Å². The van der Waals surface area contributed by atoms with Gasteiger partial charge in [-0.1, -0.05) is 19.1 Å². The summed E-state index contributed by atoms with van der Waals surface area (Å²) in [5.41, 5.74) is 6.93. The van der Waals surface area contributed by atoms with Crippen LogP contribution in [0.5, 0.6) is 0 Å². The molecule has 0 spiro atoms. The van der Waals surface area contributed by atoms with Crippen molar-refractivity contribution in [3.63, 3.8) is 0 Å². The van der Waals surface area contributed by atoms with Gasteiger partial charge in [0.05, 0.1) is 0 Å². The lowest BCUT2D eigenvalue weighted by Crippen LogP contribution is -2.23. The molecule has 0 radical (unpaired) electrons. The van der Waals surface area contributed by atoms with Crippen LogP contribution in [0.2, 0.25) is 0 Å². The lowest BCUT2D eigenvalue weighted by atomic mass is 10.1. The number of nitrogens with two attached hydrogens (primary N) is 1. The number of hydrogen-bond donors (Lipinski definition) is 1. The van der Waals surface area contributed by atoms with Crippen molar-refractivity contribution >= 4 is 11.8 Å². The smallest absolute Gasteiger partial charge is 0.00720 e. The predicted molar refractivity (Wildman–Crippen MR) is 82.3 cm³/mol. The first-order valence-corrected chi connectivity index (χ1v) is 7.85. The standard InChI is InChI=1S/C15H26N2S/c1-3-18-15-8-6-14(7-9-15)10-13-17(2)12-5-4-11-16/h6-9H,3-5,10-13,16H2,1-2H3. The molecule has 3 heteroatoms. The van der Waals surface area contributed by atoms with Crippen molar-refractivity contribution in [3.05, 3.63) is 29.8 Å². The summed E-state index contributed by atoms with van der Waals surface area (Å²) in [5.74, 6) is 1.14. The molecular formula is C15H26N2S. The molecule has 0 unspecified atom stereocenters. The van der Waals surface area contributed by atoms with Crippen molar-refractivity contribution in [2.75, 3.05) is 32.4 Å². The summed E-state index contributed by atoms with van der Waals surface area (Å²) >= 11 is 1.90. The third kappa shape index (κ3) is 6.43. The fourth-order valence-corrected chi connectivity index (χ4v) is 2.54. The highest BCUT2D eigenvalue weighted by atomic mass is 32.2. The highest BCUT2D eigenvalue weighted by molar-refractivity contribution is 7.99. The molecule has 1 rings (SSSR count). The second-order valence-corrected chi connectivity index (χ2v) is 5.96. The molecule has 102 valence electrons. The topological polar surface area (TPSA) is 29.3 Å². The van der Waals surface area contributed by atoms with Gasteiger partial charge in [0.1, 0.15) is 0 Å². The molecule has 0 saturated heterocycles. The number of likely N-dealkylation sites (N-methyl/N-ethyl adjacent to an activating group) is 1. The van der Waals surface area contributed by atoms with Crippen molar-refractivity contribution in [3.8, 4) is 0 Å². The molecule has 18 heavy (non-hydrogen) atoms. The number of hydrogen-bond acceptors (Lipinski definition) is 3. The van der Waals surface area contributed by atoms with Gasteiger partial charge >= 0.3 is 0 Å². The molecule has 1 aromatic rings. The first kappa shape index (κ1) is 15.5. The molecule has 1 aromatic carbocycles. The van der Waals surface area contributed by atoms with Crippen LogP contribution >= 0.6 is 11.8 Å². The average Bonchev–Trinajstić information content (AvgIpc) is 2.39. The van der Waals surface area contributed by atoms with E-state index in [4.69, 9.17) is 5.73 Å². The first-order chi connectivity index (χ1) is 8.76. The zero-order valence-electron chi connectivity index (χ0n) is 11.7. The fraction of sp³-hybridized carbons (Fsp3) is 0.600. The Kier molecular flexibility index (Phi) is 8.14. The lowest BCUT2D eigenvalue weighted by molar-refractivity contribution is 0.331. The summed E-state index contributed by atoms with van der Waals surface area (Å²) in [6, 6.07) is 8.98. The molecule has 0 aliphatic heterocycles. The van der Waals surface area contributed by atoms with E-state index in [2.05, 4.69) is 43.1 Å². The van der Waals surface area contributed by atoms with E-state index >= 15 is 0 Å². The Morgan fingerprint density at radius 3 is 2.44 bits per heavy atom. The summed E-state index contributed by atoms with van der Waals surface area (Å²) in [6.07, 6.45) is 3.47. The summed E-state index contributed by atoms with van der Waals surface area (Å²) in [6.45, 7) is 5.28. The van der Waals surface area contributed by atoms with E-state index in [1.54, 1.807) is 0 Å². The van der Waals surface area contributed by atoms with Gasteiger partial charge in [-0.25, -0.2) is 0 Å². The Hall–Kier alpha value is -0.510. The van der Waals surface area contributed by atoms with Crippen molar-refractivity contribution in [1.82, 2.24) is 4.90 Å². The zero-order valence-corrected chi connectivity index (χ0v) is 12.5. The number of benzene rings is 1. The van der Waals surface area contributed by atoms with Gasteiger partial charge in [0.25, 0.3) is 0 Å². The minimum absolute atomic E-state index is 0.810. The van der Waals surface area contributed by atoms with E-state index in [0.717, 1.165) is 38.2 Å². The SMILES string of the molecule is CCSc1ccc(CCN(C)CCCCN)cc1. The van der Waals surface area contributed by atoms with Gasteiger partial charge < -0.3 is 10.6 Å². The first-order valence-electron chi connectivity index (χ1n) is 6.86. The summed E-state index contributed by atoms with van der Waals surface area (Å²) in [4.78, 5) is 3.77. The molecule has 0 aliphatic carbocycles. The molecule has 0 heterocycles. The van der Waals surface area contributed by atoms with Crippen molar-refractivity contribution in [2.24, 2.45) is 5.73 Å². The van der Waals surface area contributed by atoms with Crippen LogP contribution in [0, 0.1) is 0 Å². The van der Waals surface area contributed by atoms with Crippen LogP contribution in [0.3, 0.4) is 0 Å². The molecule has 0 amide bonds. The predicted octanol–water partition coefficient (Wildman–Crippen LogP) is 3.01. The van der Waals surface area contributed by atoms with Gasteiger partial charge in [-0.2, -0.15) is 0 Å². The molecule has 0 fully saturated rings. The average molecular weight is 266 g/mol. The zero-order chi connectivity index (χ0) is 13.2. The van der Waals surface area contributed by atoms with E-state index in [9.17, 15) is 0 Å². The molecule has 0 atom stereocenters. The second kappa shape index (κ2) is 9.42. The summed E-state index contributed by atoms with van der Waals surface area (Å²) < 4.78 is 0. The largest absolute Gasteiger partial charge is 0.330 e. The van der Waals surface area contributed by atoms with Gasteiger partial charge in [0, 0.05) is 11.4 Å². The third-order valence-electron chi connectivity index (χ3n) is 3.01. The van der Waals surface area contributed by atoms with Crippen LogP contribution in [-0.4, -0.2) is 37.3 Å². The summed E-state index contributed by atoms with van der Waals surface area (Å²) in [5, 5.41) is 0. The van der Waals surface area contributed by atoms with Gasteiger partial charge in [-0.05, 0) is 62.8 Å². The molecule has 0 aromatic heterocycles. The quantitative estimate of drug-likeness (QED) is 0.550. The molecule has 0 saturated carbocycles. The van der Waals surface area contributed by atoms with Crippen molar-refractivity contribution in [1.29, 1.82) is 0 Å². The highest BCUT2D eigenvalue weighted by Gasteiger charge is 2.00. The van der Waals surface area contributed by atoms with Crippen molar-refractivity contribution in [2.45, 2.75) is 31.1 Å². The van der Waals surface area contributed by atoms with Crippen LogP contribution in [0.4, 0.5) is 0 Å². The Morgan fingerprint density at radius 2 is 1.83 bits per heavy atom. The maximum atomic E-state index is 5.50. The van der Waals surface area contributed by atoms with E-state index < -0.39 is 0 Å². The Balaban J connectivity index is 2.25. The molecular weight excluding hydrogens is 240 g/mol. The maximum absolute atomic E-state index is 5.50.